The molecule has 0 aliphatic carbocycles. The van der Waals surface area contributed by atoms with E-state index >= 15 is 0 Å². The number of hydrogen-bond donors (Lipinski definition) is 1. The van der Waals surface area contributed by atoms with Crippen molar-refractivity contribution >= 4 is 5.91 Å². The molecular weight excluding hydrogens is 206 g/mol. The molecule has 1 fully saturated rings. The molecule has 1 rings (SSSR count). The van der Waals surface area contributed by atoms with Gasteiger partial charge in [-0.05, 0) is 13.5 Å². The first-order chi connectivity index (χ1) is 7.69. The monoisotopic (exact) mass is 229 g/mol. The van der Waals surface area contributed by atoms with Crippen LogP contribution < -0.4 is 5.73 Å². The van der Waals surface area contributed by atoms with Crippen molar-refractivity contribution in [2.75, 3.05) is 46.9 Å². The molecule has 0 spiro atoms. The first-order valence-electron chi connectivity index (χ1n) is 5.86. The number of hydrogen-bond acceptors (Lipinski definition) is 4. The maximum absolute atomic E-state index is 11.9. The minimum absolute atomic E-state index is 0.175. The number of likely N-dealkylation sites (N-methyl/N-ethyl adjacent to an activating group) is 1. The lowest BCUT2D eigenvalue weighted by molar-refractivity contribution is -0.135. The van der Waals surface area contributed by atoms with Crippen molar-refractivity contribution < 1.29 is 9.53 Å². The van der Waals surface area contributed by atoms with Gasteiger partial charge >= 0.3 is 0 Å². The highest BCUT2D eigenvalue weighted by molar-refractivity contribution is 5.76. The molecule has 0 radical (unpaired) electrons. The Hall–Kier alpha value is -0.650. The highest BCUT2D eigenvalue weighted by atomic mass is 16.5. The molecule has 1 unspecified atom stereocenters. The maximum atomic E-state index is 11.9. The Balaban J connectivity index is 2.40. The largest absolute Gasteiger partial charge is 0.385 e. The Bertz CT molecular complexity index is 223. The molecule has 0 bridgehead atoms. The van der Waals surface area contributed by atoms with E-state index < -0.39 is 0 Å². The Morgan fingerprint density at radius 2 is 2.25 bits per heavy atom. The van der Waals surface area contributed by atoms with Crippen LogP contribution in [-0.4, -0.2) is 68.7 Å². The van der Waals surface area contributed by atoms with Gasteiger partial charge in [-0.15, -0.1) is 0 Å². The van der Waals surface area contributed by atoms with E-state index in [0.29, 0.717) is 19.6 Å². The average molecular weight is 229 g/mol. The zero-order valence-electron chi connectivity index (χ0n) is 10.3. The van der Waals surface area contributed by atoms with Gasteiger partial charge in [0.1, 0.15) is 0 Å². The van der Waals surface area contributed by atoms with Crippen LogP contribution in [0.3, 0.4) is 0 Å². The summed E-state index contributed by atoms with van der Waals surface area (Å²) < 4.78 is 4.95. The number of rotatable bonds is 5. The molecule has 1 heterocycles. The summed E-state index contributed by atoms with van der Waals surface area (Å²) in [5.41, 5.74) is 5.70. The second kappa shape index (κ2) is 6.83. The van der Waals surface area contributed by atoms with Crippen LogP contribution in [0.1, 0.15) is 12.8 Å². The van der Waals surface area contributed by atoms with Gasteiger partial charge in [0.25, 0.3) is 0 Å². The first-order valence-corrected chi connectivity index (χ1v) is 5.86. The van der Waals surface area contributed by atoms with Gasteiger partial charge in [0.05, 0.1) is 6.04 Å². The van der Waals surface area contributed by atoms with Crippen LogP contribution in [0.15, 0.2) is 0 Å². The number of nitrogens with two attached hydrogens (primary N) is 1. The molecule has 0 aromatic carbocycles. The lowest BCUT2D eigenvalue weighted by atomic mass is 10.1. The van der Waals surface area contributed by atoms with Crippen molar-refractivity contribution in [2.24, 2.45) is 5.73 Å². The molecule has 2 N–H and O–H groups in total. The zero-order valence-corrected chi connectivity index (χ0v) is 10.3. The normalized spacial score (nSPS) is 22.4. The van der Waals surface area contributed by atoms with E-state index in [4.69, 9.17) is 10.5 Å². The average Bonchev–Trinajstić information content (AvgIpc) is 2.29. The van der Waals surface area contributed by atoms with Crippen molar-refractivity contribution in [1.82, 2.24) is 9.80 Å². The number of methoxy groups -OCH3 is 1. The van der Waals surface area contributed by atoms with Crippen LogP contribution in [0.4, 0.5) is 0 Å². The second-order valence-corrected chi connectivity index (χ2v) is 4.34. The quantitative estimate of drug-likeness (QED) is 0.647. The first kappa shape index (κ1) is 13.4. The van der Waals surface area contributed by atoms with Gasteiger partial charge in [0.2, 0.25) is 5.91 Å². The molecule has 1 atom stereocenters. The van der Waals surface area contributed by atoms with Gasteiger partial charge in [0, 0.05) is 46.3 Å². The van der Waals surface area contributed by atoms with Crippen molar-refractivity contribution in [1.29, 1.82) is 0 Å². The fourth-order valence-corrected chi connectivity index (χ4v) is 2.05. The molecule has 1 aliphatic rings. The summed E-state index contributed by atoms with van der Waals surface area (Å²) in [7, 11) is 3.72. The Kier molecular flexibility index (Phi) is 5.73. The van der Waals surface area contributed by atoms with Gasteiger partial charge in [-0.25, -0.2) is 0 Å². The molecule has 5 nitrogen and oxygen atoms in total. The molecule has 0 aromatic rings. The van der Waals surface area contributed by atoms with E-state index in [1.165, 1.54) is 0 Å². The number of amides is 1. The summed E-state index contributed by atoms with van der Waals surface area (Å²) in [6, 6.07) is 0.175. The number of carbonyl (C=O) groups is 1. The molecule has 1 amide bonds. The van der Waals surface area contributed by atoms with Crippen LogP contribution in [0.2, 0.25) is 0 Å². The van der Waals surface area contributed by atoms with E-state index in [1.54, 1.807) is 7.11 Å². The third-order valence-electron chi connectivity index (χ3n) is 3.02. The Labute approximate surface area is 97.5 Å². The number of nitrogens with zero attached hydrogens (tertiary/aromatic N) is 2. The van der Waals surface area contributed by atoms with E-state index in [9.17, 15) is 4.79 Å². The summed E-state index contributed by atoms with van der Waals surface area (Å²) in [4.78, 5) is 16.1. The van der Waals surface area contributed by atoms with E-state index in [0.717, 1.165) is 26.1 Å². The summed E-state index contributed by atoms with van der Waals surface area (Å²) in [6.45, 7) is 3.80. The third kappa shape index (κ3) is 3.73. The number of piperazine rings is 1. The molecule has 1 saturated heterocycles. The van der Waals surface area contributed by atoms with Gasteiger partial charge in [-0.1, -0.05) is 0 Å². The fourth-order valence-electron chi connectivity index (χ4n) is 2.05. The van der Waals surface area contributed by atoms with Crippen molar-refractivity contribution in [3.8, 4) is 0 Å². The van der Waals surface area contributed by atoms with Gasteiger partial charge in [0.15, 0.2) is 0 Å². The zero-order chi connectivity index (χ0) is 12.0. The SMILES string of the molecule is COCCCC(=O)N1CCN(C)CC1CN. The van der Waals surface area contributed by atoms with Crippen LogP contribution in [0.5, 0.6) is 0 Å². The van der Waals surface area contributed by atoms with Crippen LogP contribution >= 0.6 is 0 Å². The standard InChI is InChI=1S/C11H23N3O2/c1-13-5-6-14(10(8-12)9-13)11(15)4-3-7-16-2/h10H,3-9,12H2,1-2H3. The predicted octanol–water partition coefficient (Wildman–Crippen LogP) is -0.486. The lowest BCUT2D eigenvalue weighted by Gasteiger charge is -2.39. The number of ether oxygens (including phenoxy) is 1. The Morgan fingerprint density at radius 3 is 2.88 bits per heavy atom. The van der Waals surface area contributed by atoms with Crippen LogP contribution in [-0.2, 0) is 9.53 Å². The molecule has 16 heavy (non-hydrogen) atoms. The molecule has 0 aromatic heterocycles. The molecular formula is C11H23N3O2. The number of carbonyl (C=O) groups excluding carboxylic acids is 1. The molecule has 1 aliphatic heterocycles. The molecule has 0 saturated carbocycles. The maximum Gasteiger partial charge on any atom is 0.223 e. The minimum Gasteiger partial charge on any atom is -0.385 e. The van der Waals surface area contributed by atoms with E-state index in [2.05, 4.69) is 11.9 Å². The van der Waals surface area contributed by atoms with Crippen molar-refractivity contribution in [2.45, 2.75) is 18.9 Å². The van der Waals surface area contributed by atoms with Crippen LogP contribution in [0.25, 0.3) is 0 Å². The molecule has 5 heteroatoms. The molecule has 94 valence electrons. The summed E-state index contributed by atoms with van der Waals surface area (Å²) >= 11 is 0. The second-order valence-electron chi connectivity index (χ2n) is 4.34. The van der Waals surface area contributed by atoms with Gasteiger partial charge < -0.3 is 20.3 Å². The van der Waals surface area contributed by atoms with Gasteiger partial charge in [-0.3, -0.25) is 4.79 Å². The lowest BCUT2D eigenvalue weighted by Crippen LogP contribution is -2.56. The summed E-state index contributed by atoms with van der Waals surface area (Å²) in [5, 5.41) is 0. The van der Waals surface area contributed by atoms with Crippen molar-refractivity contribution in [3.63, 3.8) is 0 Å². The topological polar surface area (TPSA) is 58.8 Å². The van der Waals surface area contributed by atoms with E-state index in [1.807, 2.05) is 4.90 Å². The van der Waals surface area contributed by atoms with Gasteiger partial charge in [-0.2, -0.15) is 0 Å². The summed E-state index contributed by atoms with van der Waals surface area (Å²) in [6.07, 6.45) is 1.35. The highest BCUT2D eigenvalue weighted by Crippen LogP contribution is 2.10. The summed E-state index contributed by atoms with van der Waals surface area (Å²) in [5.74, 6) is 0.209. The Morgan fingerprint density at radius 1 is 1.50 bits per heavy atom. The predicted molar refractivity (Wildman–Crippen MR) is 63.2 cm³/mol. The highest BCUT2D eigenvalue weighted by Gasteiger charge is 2.27. The minimum atomic E-state index is 0.175. The fraction of sp³-hybridized carbons (Fsp3) is 0.909. The van der Waals surface area contributed by atoms with E-state index in [-0.39, 0.29) is 11.9 Å². The third-order valence-corrected chi connectivity index (χ3v) is 3.02. The van der Waals surface area contributed by atoms with Crippen LogP contribution in [0, 0.1) is 0 Å². The van der Waals surface area contributed by atoms with Crippen molar-refractivity contribution in [3.05, 3.63) is 0 Å². The smallest absolute Gasteiger partial charge is 0.223 e.